The highest BCUT2D eigenvalue weighted by molar-refractivity contribution is 9.10. The van der Waals surface area contributed by atoms with Crippen LogP contribution >= 0.6 is 15.9 Å². The van der Waals surface area contributed by atoms with Gasteiger partial charge in [0.1, 0.15) is 5.82 Å². The summed E-state index contributed by atoms with van der Waals surface area (Å²) in [4.78, 5) is 14.3. The second-order valence-corrected chi connectivity index (χ2v) is 5.64. The largest absolute Gasteiger partial charge is 0.351 e. The highest BCUT2D eigenvalue weighted by atomic mass is 79.9. The van der Waals surface area contributed by atoms with Gasteiger partial charge in [-0.05, 0) is 60.1 Å². The van der Waals surface area contributed by atoms with Crippen molar-refractivity contribution in [3.8, 4) is 0 Å². The van der Waals surface area contributed by atoms with Gasteiger partial charge in [-0.1, -0.05) is 6.42 Å². The van der Waals surface area contributed by atoms with Crippen molar-refractivity contribution in [2.24, 2.45) is 0 Å². The number of hydrogen-bond acceptors (Lipinski definition) is 2. The maximum atomic E-state index is 12.9. The van der Waals surface area contributed by atoms with Crippen LogP contribution in [0.2, 0.25) is 0 Å². The van der Waals surface area contributed by atoms with E-state index >= 15 is 0 Å². The molecule has 19 heavy (non-hydrogen) atoms. The molecule has 0 radical (unpaired) electrons. The van der Waals surface area contributed by atoms with Crippen molar-refractivity contribution in [2.45, 2.75) is 19.3 Å². The lowest BCUT2D eigenvalue weighted by Gasteiger charge is -2.26. The summed E-state index contributed by atoms with van der Waals surface area (Å²) in [5.74, 6) is -0.513. The zero-order chi connectivity index (χ0) is 13.7. The molecule has 5 heteroatoms. The first kappa shape index (κ1) is 14.5. The second kappa shape index (κ2) is 7.01. The van der Waals surface area contributed by atoms with Crippen LogP contribution in [0.4, 0.5) is 4.39 Å². The molecule has 1 saturated heterocycles. The minimum Gasteiger partial charge on any atom is -0.351 e. The Morgan fingerprint density at radius 2 is 2.05 bits per heavy atom. The first-order valence-electron chi connectivity index (χ1n) is 6.62. The third kappa shape index (κ3) is 4.28. The van der Waals surface area contributed by atoms with Crippen LogP contribution in [0, 0.1) is 5.82 Å². The molecule has 2 rings (SSSR count). The number of likely N-dealkylation sites (tertiary alicyclic amines) is 1. The van der Waals surface area contributed by atoms with E-state index in [1.165, 1.54) is 37.5 Å². The zero-order valence-electron chi connectivity index (χ0n) is 10.8. The number of nitrogens with one attached hydrogen (secondary N) is 1. The van der Waals surface area contributed by atoms with E-state index in [1.807, 2.05) is 0 Å². The Labute approximate surface area is 121 Å². The SMILES string of the molecule is O=C(NCCN1CCCCC1)c1ccc(F)cc1Br. The van der Waals surface area contributed by atoms with Crippen LogP contribution in [-0.2, 0) is 0 Å². The van der Waals surface area contributed by atoms with Crippen molar-refractivity contribution in [3.05, 3.63) is 34.1 Å². The van der Waals surface area contributed by atoms with Gasteiger partial charge >= 0.3 is 0 Å². The van der Waals surface area contributed by atoms with E-state index in [4.69, 9.17) is 0 Å². The van der Waals surface area contributed by atoms with E-state index in [9.17, 15) is 9.18 Å². The van der Waals surface area contributed by atoms with Crippen LogP contribution in [0.5, 0.6) is 0 Å². The van der Waals surface area contributed by atoms with Crippen molar-refractivity contribution in [1.29, 1.82) is 0 Å². The molecule has 0 bridgehead atoms. The highest BCUT2D eigenvalue weighted by Gasteiger charge is 2.12. The van der Waals surface area contributed by atoms with Crippen molar-refractivity contribution in [3.63, 3.8) is 0 Å². The number of carbonyl (C=O) groups is 1. The Morgan fingerprint density at radius 1 is 1.32 bits per heavy atom. The number of rotatable bonds is 4. The summed E-state index contributed by atoms with van der Waals surface area (Å²) in [6, 6.07) is 4.10. The molecule has 0 aliphatic carbocycles. The molecule has 0 aromatic heterocycles. The normalized spacial score (nSPS) is 16.3. The summed E-state index contributed by atoms with van der Waals surface area (Å²) < 4.78 is 13.4. The van der Waals surface area contributed by atoms with Crippen LogP contribution in [0.15, 0.2) is 22.7 Å². The third-order valence-electron chi connectivity index (χ3n) is 3.34. The minimum atomic E-state index is -0.350. The Balaban J connectivity index is 1.80. The first-order valence-corrected chi connectivity index (χ1v) is 7.42. The molecule has 0 spiro atoms. The molecule has 1 fully saturated rings. The van der Waals surface area contributed by atoms with Crippen LogP contribution in [-0.4, -0.2) is 37.0 Å². The fraction of sp³-hybridized carbons (Fsp3) is 0.500. The standard InChI is InChI=1S/C14H18BrFN2O/c15-13-10-11(16)4-5-12(13)14(19)17-6-9-18-7-2-1-3-8-18/h4-5,10H,1-3,6-9H2,(H,17,19). The van der Waals surface area contributed by atoms with Crippen molar-refractivity contribution in [2.75, 3.05) is 26.2 Å². The first-order chi connectivity index (χ1) is 9.16. The van der Waals surface area contributed by atoms with Crippen molar-refractivity contribution in [1.82, 2.24) is 10.2 Å². The average Bonchev–Trinajstić information content (AvgIpc) is 2.39. The molecule has 0 unspecified atom stereocenters. The number of amides is 1. The van der Waals surface area contributed by atoms with E-state index in [0.717, 1.165) is 19.6 Å². The average molecular weight is 329 g/mol. The maximum absolute atomic E-state index is 12.9. The molecular formula is C14H18BrFN2O. The second-order valence-electron chi connectivity index (χ2n) is 4.78. The summed E-state index contributed by atoms with van der Waals surface area (Å²) in [6.45, 7) is 3.75. The number of halogens is 2. The summed E-state index contributed by atoms with van der Waals surface area (Å²) in [6.07, 6.45) is 3.81. The lowest BCUT2D eigenvalue weighted by atomic mass is 10.1. The topological polar surface area (TPSA) is 32.3 Å². The fourth-order valence-corrected chi connectivity index (χ4v) is 2.81. The molecule has 3 nitrogen and oxygen atoms in total. The van der Waals surface area contributed by atoms with E-state index in [0.29, 0.717) is 16.6 Å². The van der Waals surface area contributed by atoms with E-state index in [1.54, 1.807) is 0 Å². The van der Waals surface area contributed by atoms with Crippen LogP contribution in [0.3, 0.4) is 0 Å². The summed E-state index contributed by atoms with van der Waals surface area (Å²) in [5, 5.41) is 2.87. The quantitative estimate of drug-likeness (QED) is 0.921. The summed E-state index contributed by atoms with van der Waals surface area (Å²) in [7, 11) is 0. The minimum absolute atomic E-state index is 0.163. The van der Waals surface area contributed by atoms with E-state index < -0.39 is 0 Å². The van der Waals surface area contributed by atoms with Gasteiger partial charge in [-0.3, -0.25) is 4.79 Å². The maximum Gasteiger partial charge on any atom is 0.252 e. The van der Waals surface area contributed by atoms with Gasteiger partial charge in [0.25, 0.3) is 5.91 Å². The summed E-state index contributed by atoms with van der Waals surface area (Å²) in [5.41, 5.74) is 0.472. The highest BCUT2D eigenvalue weighted by Crippen LogP contribution is 2.17. The molecule has 1 N–H and O–H groups in total. The van der Waals surface area contributed by atoms with Crippen LogP contribution < -0.4 is 5.32 Å². The number of nitrogens with zero attached hydrogens (tertiary/aromatic N) is 1. The molecule has 1 amide bonds. The van der Waals surface area contributed by atoms with Crippen molar-refractivity contribution >= 4 is 21.8 Å². The van der Waals surface area contributed by atoms with Gasteiger partial charge in [-0.25, -0.2) is 4.39 Å². The molecule has 1 aliphatic heterocycles. The lowest BCUT2D eigenvalue weighted by molar-refractivity contribution is 0.0946. The molecule has 0 atom stereocenters. The molecule has 0 saturated carbocycles. The molecular weight excluding hydrogens is 311 g/mol. The van der Waals surface area contributed by atoms with Gasteiger partial charge in [-0.15, -0.1) is 0 Å². The van der Waals surface area contributed by atoms with Crippen LogP contribution in [0.1, 0.15) is 29.6 Å². The molecule has 1 aliphatic rings. The van der Waals surface area contributed by atoms with Gasteiger partial charge in [-0.2, -0.15) is 0 Å². The van der Waals surface area contributed by atoms with Crippen molar-refractivity contribution < 1.29 is 9.18 Å². The fourth-order valence-electron chi connectivity index (χ4n) is 2.28. The lowest BCUT2D eigenvalue weighted by Crippen LogP contribution is -2.37. The van der Waals surface area contributed by atoms with E-state index in [-0.39, 0.29) is 11.7 Å². The predicted octanol–water partition coefficient (Wildman–Crippen LogP) is 2.80. The number of piperidine rings is 1. The number of hydrogen-bond donors (Lipinski definition) is 1. The Hall–Kier alpha value is -0.940. The third-order valence-corrected chi connectivity index (χ3v) is 3.99. The molecule has 1 aromatic carbocycles. The molecule has 1 aromatic rings. The molecule has 104 valence electrons. The zero-order valence-corrected chi connectivity index (χ0v) is 12.4. The van der Waals surface area contributed by atoms with Gasteiger partial charge in [0, 0.05) is 17.6 Å². The predicted molar refractivity (Wildman–Crippen MR) is 76.7 cm³/mol. The number of benzene rings is 1. The Bertz CT molecular complexity index is 447. The van der Waals surface area contributed by atoms with E-state index in [2.05, 4.69) is 26.1 Å². The Morgan fingerprint density at radius 3 is 2.74 bits per heavy atom. The van der Waals surface area contributed by atoms with Gasteiger partial charge in [0.2, 0.25) is 0 Å². The molecule has 1 heterocycles. The summed E-state index contributed by atoms with van der Waals surface area (Å²) >= 11 is 3.20. The van der Waals surface area contributed by atoms with Gasteiger partial charge in [0.15, 0.2) is 0 Å². The Kier molecular flexibility index (Phi) is 5.34. The van der Waals surface area contributed by atoms with Gasteiger partial charge < -0.3 is 10.2 Å². The monoisotopic (exact) mass is 328 g/mol. The smallest absolute Gasteiger partial charge is 0.252 e. The number of carbonyl (C=O) groups excluding carboxylic acids is 1. The van der Waals surface area contributed by atoms with Crippen LogP contribution in [0.25, 0.3) is 0 Å². The van der Waals surface area contributed by atoms with Gasteiger partial charge in [0.05, 0.1) is 5.56 Å².